The number of aromatic nitrogens is 2. The van der Waals surface area contributed by atoms with Crippen molar-refractivity contribution < 1.29 is 30.0 Å². The topological polar surface area (TPSA) is 86.9 Å². The quantitative estimate of drug-likeness (QED) is 0.119. The molecule has 0 aliphatic carbocycles. The summed E-state index contributed by atoms with van der Waals surface area (Å²) in [4.78, 5) is 21.5. The van der Waals surface area contributed by atoms with E-state index >= 15 is 0 Å². The Morgan fingerprint density at radius 3 is 2.13 bits per heavy atom. The molecular formula is C39H52IrN3O2-. The molecule has 45 heavy (non-hydrogen) atoms. The minimum absolute atomic E-state index is 0. The Bertz CT molecular complexity index is 1470. The fourth-order valence-electron chi connectivity index (χ4n) is 5.27. The smallest absolute Gasteiger partial charge is 0.162 e. The van der Waals surface area contributed by atoms with Gasteiger partial charge in [-0.05, 0) is 62.1 Å². The molecule has 1 N–H and O–H groups in total. The number of carbonyl (C=O) groups excluding carboxylic acids is 1. The van der Waals surface area contributed by atoms with Gasteiger partial charge in [-0.2, -0.15) is 5.26 Å². The molecule has 1 heterocycles. The summed E-state index contributed by atoms with van der Waals surface area (Å²) < 4.78 is 0. The van der Waals surface area contributed by atoms with Gasteiger partial charge in [0.25, 0.3) is 0 Å². The van der Waals surface area contributed by atoms with Crippen molar-refractivity contribution in [3.8, 4) is 28.6 Å². The summed E-state index contributed by atoms with van der Waals surface area (Å²) in [5.41, 5.74) is 8.93. The summed E-state index contributed by atoms with van der Waals surface area (Å²) >= 11 is 0. The average molecular weight is 787 g/mol. The number of carbonyl (C=O) groups is 1. The second kappa shape index (κ2) is 18.7. The maximum absolute atomic E-state index is 11.7. The van der Waals surface area contributed by atoms with Crippen molar-refractivity contribution in [3.05, 3.63) is 82.4 Å². The van der Waals surface area contributed by atoms with Crippen LogP contribution in [-0.2, 0) is 36.7 Å². The van der Waals surface area contributed by atoms with E-state index in [9.17, 15) is 9.90 Å². The van der Waals surface area contributed by atoms with Gasteiger partial charge in [0.05, 0.1) is 23.1 Å². The van der Waals surface area contributed by atoms with E-state index in [-0.39, 0.29) is 48.9 Å². The second-order valence-electron chi connectivity index (χ2n) is 12.7. The predicted molar refractivity (Wildman–Crippen MR) is 182 cm³/mol. The first-order valence-corrected chi connectivity index (χ1v) is 16.2. The molecule has 245 valence electrons. The van der Waals surface area contributed by atoms with Gasteiger partial charge < -0.3 is 10.1 Å². The summed E-state index contributed by atoms with van der Waals surface area (Å²) in [6.45, 7) is 21.0. The van der Waals surface area contributed by atoms with Crippen molar-refractivity contribution in [2.75, 3.05) is 0 Å². The molecule has 0 unspecified atom stereocenters. The molecule has 5 nitrogen and oxygen atoms in total. The molecule has 0 amide bonds. The van der Waals surface area contributed by atoms with E-state index in [4.69, 9.17) is 15.2 Å². The van der Waals surface area contributed by atoms with Crippen LogP contribution in [0.1, 0.15) is 115 Å². The van der Waals surface area contributed by atoms with Crippen LogP contribution in [0.15, 0.2) is 48.4 Å². The Labute approximate surface area is 286 Å². The molecule has 0 spiro atoms. The molecule has 0 saturated carbocycles. The van der Waals surface area contributed by atoms with Crippen LogP contribution in [0.25, 0.3) is 22.5 Å². The maximum Gasteiger partial charge on any atom is 0.162 e. The van der Waals surface area contributed by atoms with Crippen LogP contribution in [0.5, 0.6) is 0 Å². The zero-order valence-corrected chi connectivity index (χ0v) is 31.4. The van der Waals surface area contributed by atoms with Crippen molar-refractivity contribution in [1.82, 2.24) is 9.97 Å². The Hall–Kier alpha value is -3.13. The third-order valence-electron chi connectivity index (χ3n) is 8.17. The standard InChI is InChI=1S/C26H28N3.C13H24O2.Ir/c1-7-8-23-25(20-11-17(2)12-21(14-20)26(4,5)6)28-16-24(29-23)22-10-9-19(15-27)13-18(22)3;1-5-10(6-2)12(14)9-13(15)11(7-3)8-4;/h9-10,12-14,16H,7-8H2,1-6H3;9-11,14H,5-8H2,1-4H3;/q-1;;/b;12-9-;. The number of benzene rings is 2. The summed E-state index contributed by atoms with van der Waals surface area (Å²) in [7, 11) is 0. The number of hydrogen-bond acceptors (Lipinski definition) is 5. The fourth-order valence-corrected chi connectivity index (χ4v) is 5.27. The third kappa shape index (κ3) is 11.3. The number of nitrogens with zero attached hydrogens (tertiary/aromatic N) is 3. The molecule has 0 aliphatic heterocycles. The Balaban J connectivity index is 0.000000541. The van der Waals surface area contributed by atoms with Crippen LogP contribution in [0.3, 0.4) is 0 Å². The van der Waals surface area contributed by atoms with Gasteiger partial charge in [-0.25, -0.2) is 0 Å². The number of aryl methyl sites for hydroxylation is 3. The normalized spacial score (nSPS) is 11.5. The van der Waals surface area contributed by atoms with Gasteiger partial charge in [0.1, 0.15) is 0 Å². The predicted octanol–water partition coefficient (Wildman–Crippen LogP) is 10.2. The minimum Gasteiger partial charge on any atom is -0.512 e. The van der Waals surface area contributed by atoms with Crippen molar-refractivity contribution in [2.24, 2.45) is 11.8 Å². The number of ketones is 1. The van der Waals surface area contributed by atoms with E-state index < -0.39 is 0 Å². The van der Waals surface area contributed by atoms with Gasteiger partial charge in [0, 0.05) is 61.2 Å². The molecule has 0 saturated heterocycles. The van der Waals surface area contributed by atoms with Gasteiger partial charge in [-0.1, -0.05) is 74.8 Å². The minimum atomic E-state index is 0. The molecule has 0 fully saturated rings. The van der Waals surface area contributed by atoms with Crippen molar-refractivity contribution >= 4 is 5.78 Å². The van der Waals surface area contributed by atoms with Crippen LogP contribution in [-0.4, -0.2) is 20.9 Å². The van der Waals surface area contributed by atoms with E-state index in [0.29, 0.717) is 5.56 Å². The summed E-state index contributed by atoms with van der Waals surface area (Å²) in [6, 6.07) is 15.8. The molecule has 6 heteroatoms. The van der Waals surface area contributed by atoms with Gasteiger partial charge in [0.2, 0.25) is 0 Å². The zero-order chi connectivity index (χ0) is 33.0. The summed E-state index contributed by atoms with van der Waals surface area (Å²) in [5, 5.41) is 18.9. The molecule has 0 atom stereocenters. The van der Waals surface area contributed by atoms with Gasteiger partial charge in [-0.3, -0.25) is 9.78 Å². The van der Waals surface area contributed by atoms with E-state index in [1.807, 2.05) is 59.0 Å². The molecule has 2 aromatic carbocycles. The van der Waals surface area contributed by atoms with E-state index in [0.717, 1.165) is 77.9 Å². The first kappa shape index (κ1) is 39.9. The largest absolute Gasteiger partial charge is 0.512 e. The van der Waals surface area contributed by atoms with Crippen molar-refractivity contribution in [3.63, 3.8) is 0 Å². The third-order valence-corrected chi connectivity index (χ3v) is 8.17. The fraction of sp³-hybridized carbons (Fsp3) is 0.487. The second-order valence-corrected chi connectivity index (χ2v) is 12.7. The molecule has 1 radical (unpaired) electrons. The monoisotopic (exact) mass is 787 g/mol. The molecule has 3 aromatic rings. The number of aliphatic hydroxyl groups is 1. The van der Waals surface area contributed by atoms with Crippen LogP contribution in [0.4, 0.5) is 0 Å². The Morgan fingerprint density at radius 2 is 1.62 bits per heavy atom. The van der Waals surface area contributed by atoms with Gasteiger partial charge in [0.15, 0.2) is 5.78 Å². The van der Waals surface area contributed by atoms with Crippen LogP contribution in [0.2, 0.25) is 0 Å². The summed E-state index contributed by atoms with van der Waals surface area (Å²) in [6.07, 6.45) is 8.60. The van der Waals surface area contributed by atoms with E-state index in [1.54, 1.807) is 0 Å². The Morgan fingerprint density at radius 1 is 1.00 bits per heavy atom. The summed E-state index contributed by atoms with van der Waals surface area (Å²) in [5.74, 6) is 0.547. The first-order chi connectivity index (χ1) is 20.8. The van der Waals surface area contributed by atoms with E-state index in [2.05, 4.69) is 58.9 Å². The molecule has 0 bridgehead atoms. The van der Waals surface area contributed by atoms with Gasteiger partial charge >= 0.3 is 0 Å². The first-order valence-electron chi connectivity index (χ1n) is 16.2. The van der Waals surface area contributed by atoms with E-state index in [1.165, 1.54) is 11.6 Å². The van der Waals surface area contributed by atoms with Gasteiger partial charge in [-0.15, -0.1) is 34.9 Å². The average Bonchev–Trinajstić information content (AvgIpc) is 2.98. The number of nitriles is 1. The van der Waals surface area contributed by atoms with Crippen molar-refractivity contribution in [1.29, 1.82) is 5.26 Å². The molecule has 0 aliphatic rings. The molecule has 3 rings (SSSR count). The number of aliphatic hydroxyl groups excluding tert-OH is 1. The maximum atomic E-state index is 11.7. The number of hydrogen-bond donors (Lipinski definition) is 1. The molecule has 1 aromatic heterocycles. The molecular weight excluding hydrogens is 735 g/mol. The Kier molecular flexibility index (Phi) is 16.6. The van der Waals surface area contributed by atoms with Crippen LogP contribution < -0.4 is 0 Å². The SMILES string of the molecule is CCC(CC)C(=O)/C=C(\O)C(CC)CC.CCCc1nc(-c2ccc(C#N)cc2C)cnc1-c1[c-]c(C)cc(C(C)(C)C)c1.[Ir]. The number of rotatable bonds is 11. The number of allylic oxidation sites excluding steroid dienone is 2. The van der Waals surface area contributed by atoms with Crippen molar-refractivity contribution in [2.45, 2.75) is 113 Å². The zero-order valence-electron chi connectivity index (χ0n) is 29.0. The van der Waals surface area contributed by atoms with Crippen LogP contribution in [0, 0.1) is 43.1 Å². The van der Waals surface area contributed by atoms with Crippen LogP contribution >= 0.6 is 0 Å².